The van der Waals surface area contributed by atoms with Gasteiger partial charge in [-0.1, -0.05) is 0 Å². The van der Waals surface area contributed by atoms with E-state index in [-0.39, 0.29) is 23.7 Å². The lowest BCUT2D eigenvalue weighted by atomic mass is 9.79. The lowest BCUT2D eigenvalue weighted by molar-refractivity contribution is 0.0675. The first-order chi connectivity index (χ1) is 8.50. The fraction of sp³-hybridized carbons (Fsp3) is 1.00. The number of likely N-dealkylation sites (N-methyl/N-ethyl adjacent to an activating group) is 1. The molecule has 0 aromatic carbocycles. The topological polar surface area (TPSA) is 69.6 Å². The number of sulfone groups is 1. The summed E-state index contributed by atoms with van der Waals surface area (Å²) in [5, 5.41) is 12.8. The van der Waals surface area contributed by atoms with Crippen molar-refractivity contribution in [1.82, 2.24) is 10.2 Å². The first-order valence-corrected chi connectivity index (χ1v) is 8.57. The second-order valence-corrected chi connectivity index (χ2v) is 7.93. The van der Waals surface area contributed by atoms with Gasteiger partial charge in [-0.15, -0.1) is 0 Å². The molecule has 1 saturated carbocycles. The Hall–Kier alpha value is -0.170. The smallest absolute Gasteiger partial charge is 0.152 e. The third kappa shape index (κ3) is 3.04. The van der Waals surface area contributed by atoms with Crippen LogP contribution in [0.3, 0.4) is 0 Å². The highest BCUT2D eigenvalue weighted by Gasteiger charge is 2.38. The number of hydrogen-bond donors (Lipinski definition) is 2. The molecular formula is C12H24N2O3S. The molecule has 2 rings (SSSR count). The summed E-state index contributed by atoms with van der Waals surface area (Å²) in [7, 11) is -0.899. The van der Waals surface area contributed by atoms with E-state index in [4.69, 9.17) is 0 Å². The number of nitrogens with zero attached hydrogens (tertiary/aromatic N) is 1. The summed E-state index contributed by atoms with van der Waals surface area (Å²) in [6.45, 7) is 1.46. The van der Waals surface area contributed by atoms with Gasteiger partial charge in [-0.3, -0.25) is 4.90 Å². The Morgan fingerprint density at radius 2 is 2.06 bits per heavy atom. The highest BCUT2D eigenvalue weighted by molar-refractivity contribution is 7.91. The van der Waals surface area contributed by atoms with Crippen LogP contribution in [0.5, 0.6) is 0 Å². The van der Waals surface area contributed by atoms with Crippen LogP contribution in [0.15, 0.2) is 0 Å². The first kappa shape index (κ1) is 14.2. The van der Waals surface area contributed by atoms with Gasteiger partial charge >= 0.3 is 0 Å². The number of nitrogens with one attached hydrogen (secondary N) is 1. The predicted molar refractivity (Wildman–Crippen MR) is 71.4 cm³/mol. The largest absolute Gasteiger partial charge is 0.394 e. The first-order valence-electron chi connectivity index (χ1n) is 6.74. The summed E-state index contributed by atoms with van der Waals surface area (Å²) in [6, 6.07) is 0.411. The van der Waals surface area contributed by atoms with E-state index in [0.717, 1.165) is 25.7 Å². The summed E-state index contributed by atoms with van der Waals surface area (Å²) in [5.41, 5.74) is -0.167. The van der Waals surface area contributed by atoms with Crippen molar-refractivity contribution >= 4 is 9.84 Å². The van der Waals surface area contributed by atoms with E-state index in [0.29, 0.717) is 19.1 Å². The van der Waals surface area contributed by atoms with Gasteiger partial charge in [0.2, 0.25) is 0 Å². The molecule has 0 amide bonds. The molecule has 1 aliphatic carbocycles. The van der Waals surface area contributed by atoms with Crippen molar-refractivity contribution in [2.75, 3.05) is 38.2 Å². The average molecular weight is 276 g/mol. The Labute approximate surface area is 109 Å². The molecular weight excluding hydrogens is 252 g/mol. The van der Waals surface area contributed by atoms with Crippen LogP contribution in [0.4, 0.5) is 0 Å². The van der Waals surface area contributed by atoms with Crippen molar-refractivity contribution in [3.05, 3.63) is 0 Å². The Balaban J connectivity index is 1.97. The molecule has 2 N–H and O–H groups in total. The van der Waals surface area contributed by atoms with Gasteiger partial charge in [0.05, 0.1) is 18.1 Å². The van der Waals surface area contributed by atoms with E-state index in [1.54, 1.807) is 0 Å². The Morgan fingerprint density at radius 1 is 1.39 bits per heavy atom. The monoisotopic (exact) mass is 276 g/mol. The van der Waals surface area contributed by atoms with Crippen molar-refractivity contribution in [1.29, 1.82) is 0 Å². The van der Waals surface area contributed by atoms with Gasteiger partial charge in [-0.25, -0.2) is 8.42 Å². The van der Waals surface area contributed by atoms with Crippen LogP contribution in [0.25, 0.3) is 0 Å². The molecule has 18 heavy (non-hydrogen) atoms. The Kier molecular flexibility index (Phi) is 4.31. The van der Waals surface area contributed by atoms with Crippen LogP contribution in [0.2, 0.25) is 0 Å². The van der Waals surface area contributed by atoms with Crippen molar-refractivity contribution < 1.29 is 13.5 Å². The molecule has 2 atom stereocenters. The zero-order chi connectivity index (χ0) is 13.2. The fourth-order valence-corrected chi connectivity index (χ4v) is 4.41. The van der Waals surface area contributed by atoms with Crippen LogP contribution in [-0.2, 0) is 9.84 Å². The molecule has 2 fully saturated rings. The number of aliphatic hydroxyl groups is 1. The lowest BCUT2D eigenvalue weighted by Crippen LogP contribution is -2.56. The normalized spacial score (nSPS) is 37.6. The van der Waals surface area contributed by atoms with Crippen molar-refractivity contribution in [2.24, 2.45) is 0 Å². The molecule has 1 heterocycles. The second kappa shape index (κ2) is 5.45. The van der Waals surface area contributed by atoms with E-state index in [1.807, 2.05) is 7.05 Å². The minimum Gasteiger partial charge on any atom is -0.394 e. The molecule has 0 spiro atoms. The zero-order valence-corrected chi connectivity index (χ0v) is 11.9. The van der Waals surface area contributed by atoms with Crippen LogP contribution >= 0.6 is 0 Å². The molecule has 0 aromatic rings. The minimum absolute atomic E-state index is 0.159. The van der Waals surface area contributed by atoms with Crippen LogP contribution < -0.4 is 5.32 Å². The van der Waals surface area contributed by atoms with Crippen LogP contribution in [-0.4, -0.2) is 68.3 Å². The van der Waals surface area contributed by atoms with Gasteiger partial charge < -0.3 is 10.4 Å². The lowest BCUT2D eigenvalue weighted by Gasteiger charge is -2.44. The molecule has 2 unspecified atom stereocenters. The van der Waals surface area contributed by atoms with E-state index in [9.17, 15) is 13.5 Å². The maximum Gasteiger partial charge on any atom is 0.152 e. The zero-order valence-electron chi connectivity index (χ0n) is 11.1. The summed E-state index contributed by atoms with van der Waals surface area (Å²) >= 11 is 0. The summed E-state index contributed by atoms with van der Waals surface area (Å²) in [4.78, 5) is 2.29. The quantitative estimate of drug-likeness (QED) is 0.735. The van der Waals surface area contributed by atoms with Crippen LogP contribution in [0, 0.1) is 0 Å². The third-order valence-electron chi connectivity index (χ3n) is 4.55. The number of aliphatic hydroxyl groups excluding tert-OH is 1. The summed E-state index contributed by atoms with van der Waals surface area (Å²) < 4.78 is 22.9. The molecule has 1 aliphatic heterocycles. The maximum absolute atomic E-state index is 11.4. The van der Waals surface area contributed by atoms with Crippen molar-refractivity contribution in [2.45, 2.75) is 37.3 Å². The van der Waals surface area contributed by atoms with Crippen molar-refractivity contribution in [3.8, 4) is 0 Å². The Morgan fingerprint density at radius 3 is 2.61 bits per heavy atom. The minimum atomic E-state index is -2.80. The van der Waals surface area contributed by atoms with E-state index < -0.39 is 9.84 Å². The SMILES string of the molecule is CNC1(CO)CCCC(N2CCS(=O)(=O)CC2)C1. The number of hydrogen-bond acceptors (Lipinski definition) is 5. The van der Waals surface area contributed by atoms with Gasteiger partial charge in [0.25, 0.3) is 0 Å². The van der Waals surface area contributed by atoms with E-state index >= 15 is 0 Å². The highest BCUT2D eigenvalue weighted by Crippen LogP contribution is 2.31. The fourth-order valence-electron chi connectivity index (χ4n) is 3.18. The van der Waals surface area contributed by atoms with Gasteiger partial charge in [-0.2, -0.15) is 0 Å². The Bertz CT molecular complexity index is 365. The third-order valence-corrected chi connectivity index (χ3v) is 6.16. The van der Waals surface area contributed by atoms with Crippen LogP contribution in [0.1, 0.15) is 25.7 Å². The number of rotatable bonds is 3. The highest BCUT2D eigenvalue weighted by atomic mass is 32.2. The second-order valence-electron chi connectivity index (χ2n) is 5.63. The average Bonchev–Trinajstić information content (AvgIpc) is 2.38. The molecule has 0 radical (unpaired) electrons. The molecule has 0 bridgehead atoms. The van der Waals surface area contributed by atoms with Gasteiger partial charge in [-0.05, 0) is 32.7 Å². The summed E-state index contributed by atoms with van der Waals surface area (Å²) in [5.74, 6) is 0.574. The van der Waals surface area contributed by atoms with Gasteiger partial charge in [0.15, 0.2) is 9.84 Å². The molecule has 1 saturated heterocycles. The molecule has 5 nitrogen and oxygen atoms in total. The van der Waals surface area contributed by atoms with E-state index in [2.05, 4.69) is 10.2 Å². The van der Waals surface area contributed by atoms with Gasteiger partial charge in [0, 0.05) is 24.7 Å². The molecule has 2 aliphatic rings. The summed E-state index contributed by atoms with van der Waals surface area (Å²) in [6.07, 6.45) is 4.13. The predicted octanol–water partition coefficient (Wildman–Crippen LogP) is -0.390. The maximum atomic E-state index is 11.4. The molecule has 106 valence electrons. The molecule has 0 aromatic heterocycles. The molecule has 6 heteroatoms. The van der Waals surface area contributed by atoms with E-state index in [1.165, 1.54) is 0 Å². The van der Waals surface area contributed by atoms with Crippen molar-refractivity contribution in [3.63, 3.8) is 0 Å². The van der Waals surface area contributed by atoms with Gasteiger partial charge in [0.1, 0.15) is 0 Å². The standard InChI is InChI=1S/C12H24N2O3S/c1-13-12(10-15)4-2-3-11(9-12)14-5-7-18(16,17)8-6-14/h11,13,15H,2-10H2,1H3.